The summed E-state index contributed by atoms with van der Waals surface area (Å²) in [4.78, 5) is 0. The highest BCUT2D eigenvalue weighted by Gasteiger charge is 2.08. The van der Waals surface area contributed by atoms with Crippen LogP contribution in [0.2, 0.25) is 0 Å². The minimum absolute atomic E-state index is 0.133. The number of benzene rings is 1. The molecule has 1 heterocycles. The molecule has 5 heteroatoms. The molecule has 5 nitrogen and oxygen atoms in total. The predicted molar refractivity (Wildman–Crippen MR) is 48.5 cm³/mol. The van der Waals surface area contributed by atoms with Gasteiger partial charge < -0.3 is 10.2 Å². The van der Waals surface area contributed by atoms with Gasteiger partial charge >= 0.3 is 0 Å². The van der Waals surface area contributed by atoms with Gasteiger partial charge in [-0.1, -0.05) is 23.4 Å². The Morgan fingerprint density at radius 1 is 1.14 bits per heavy atom. The third kappa shape index (κ3) is 1.63. The zero-order valence-electron chi connectivity index (χ0n) is 7.28. The van der Waals surface area contributed by atoms with Crippen molar-refractivity contribution >= 4 is 0 Å². The van der Waals surface area contributed by atoms with Crippen LogP contribution in [-0.2, 0) is 0 Å². The zero-order chi connectivity index (χ0) is 9.97. The van der Waals surface area contributed by atoms with E-state index >= 15 is 0 Å². The van der Waals surface area contributed by atoms with Gasteiger partial charge in [0.1, 0.15) is 5.69 Å². The Bertz CT molecular complexity index is 411. The molecule has 2 N–H and O–H groups in total. The molecule has 0 radical (unpaired) electrons. The highest BCUT2D eigenvalue weighted by atomic mass is 16.5. The second-order valence-corrected chi connectivity index (χ2v) is 2.80. The predicted octanol–water partition coefficient (Wildman–Crippen LogP) is 0.250. The van der Waals surface area contributed by atoms with Crippen molar-refractivity contribution in [1.82, 2.24) is 15.0 Å². The molecule has 0 unspecified atom stereocenters. The van der Waals surface area contributed by atoms with Gasteiger partial charge in [0.15, 0.2) is 6.29 Å². The van der Waals surface area contributed by atoms with Crippen molar-refractivity contribution in [1.29, 1.82) is 0 Å². The number of hydrogen-bond donors (Lipinski definition) is 2. The van der Waals surface area contributed by atoms with E-state index in [1.807, 2.05) is 30.3 Å². The van der Waals surface area contributed by atoms with E-state index in [2.05, 4.69) is 10.3 Å². The van der Waals surface area contributed by atoms with Gasteiger partial charge in [-0.15, -0.1) is 5.10 Å². The quantitative estimate of drug-likeness (QED) is 0.667. The van der Waals surface area contributed by atoms with E-state index < -0.39 is 6.29 Å². The lowest BCUT2D eigenvalue weighted by molar-refractivity contribution is -0.0459. The van der Waals surface area contributed by atoms with Crippen LogP contribution in [0, 0.1) is 0 Å². The maximum atomic E-state index is 8.82. The van der Waals surface area contributed by atoms with Crippen LogP contribution in [0.4, 0.5) is 0 Å². The summed E-state index contributed by atoms with van der Waals surface area (Å²) < 4.78 is 1.48. The summed E-state index contributed by atoms with van der Waals surface area (Å²) in [5, 5.41) is 25.0. The average molecular weight is 191 g/mol. The fourth-order valence-corrected chi connectivity index (χ4v) is 1.10. The molecule has 0 saturated heterocycles. The highest BCUT2D eigenvalue weighted by molar-refractivity contribution is 5.29. The van der Waals surface area contributed by atoms with E-state index in [9.17, 15) is 0 Å². The number of aliphatic hydroxyl groups excluding tert-OH is 1. The molecule has 2 rings (SSSR count). The largest absolute Gasteiger partial charge is 0.363 e. The van der Waals surface area contributed by atoms with Gasteiger partial charge in [0, 0.05) is 0 Å². The summed E-state index contributed by atoms with van der Waals surface area (Å²) >= 11 is 0. The van der Waals surface area contributed by atoms with Crippen molar-refractivity contribution in [2.24, 2.45) is 0 Å². The lowest BCUT2D eigenvalue weighted by atomic mass is 10.3. The van der Waals surface area contributed by atoms with Crippen molar-refractivity contribution in [3.05, 3.63) is 42.2 Å². The molecule has 1 aromatic carbocycles. The summed E-state index contributed by atoms with van der Waals surface area (Å²) in [5.74, 6) is 0. The molecule has 14 heavy (non-hydrogen) atoms. The molecule has 0 aliphatic rings. The minimum atomic E-state index is -1.58. The molecule has 0 aliphatic carbocycles. The summed E-state index contributed by atoms with van der Waals surface area (Å²) in [5.41, 5.74) is 0.959. The zero-order valence-corrected chi connectivity index (χ0v) is 7.28. The van der Waals surface area contributed by atoms with E-state index in [1.165, 1.54) is 10.9 Å². The number of aliphatic hydroxyl groups is 2. The van der Waals surface area contributed by atoms with Crippen LogP contribution >= 0.6 is 0 Å². The summed E-state index contributed by atoms with van der Waals surface area (Å²) in [6, 6.07) is 9.32. The number of aromatic nitrogens is 3. The molecule has 0 saturated carbocycles. The molecule has 0 fully saturated rings. The van der Waals surface area contributed by atoms with E-state index in [4.69, 9.17) is 10.2 Å². The van der Waals surface area contributed by atoms with Crippen molar-refractivity contribution in [2.45, 2.75) is 6.29 Å². The number of rotatable bonds is 2. The van der Waals surface area contributed by atoms with Crippen LogP contribution in [0.1, 0.15) is 12.0 Å². The molecule has 0 spiro atoms. The van der Waals surface area contributed by atoms with Crippen LogP contribution in [0.15, 0.2) is 36.5 Å². The fourth-order valence-electron chi connectivity index (χ4n) is 1.10. The normalized spacial score (nSPS) is 10.8. The van der Waals surface area contributed by atoms with Crippen LogP contribution < -0.4 is 0 Å². The Kier molecular flexibility index (Phi) is 2.26. The van der Waals surface area contributed by atoms with Crippen molar-refractivity contribution in [2.75, 3.05) is 0 Å². The summed E-state index contributed by atoms with van der Waals surface area (Å²) in [7, 11) is 0. The van der Waals surface area contributed by atoms with Crippen molar-refractivity contribution in [3.63, 3.8) is 0 Å². The van der Waals surface area contributed by atoms with E-state index in [0.717, 1.165) is 5.69 Å². The Balaban J connectivity index is 2.34. The molecule has 2 aromatic rings. The molecular weight excluding hydrogens is 182 g/mol. The van der Waals surface area contributed by atoms with Gasteiger partial charge in [0.05, 0.1) is 11.9 Å². The standard InChI is InChI=1S/C9H9N3O2/c13-9(14)8-6-12(11-10-8)7-4-2-1-3-5-7/h1-6,9,13-14H. The van der Waals surface area contributed by atoms with Gasteiger partial charge in [-0.2, -0.15) is 0 Å². The topological polar surface area (TPSA) is 71.2 Å². The Morgan fingerprint density at radius 3 is 2.43 bits per heavy atom. The summed E-state index contributed by atoms with van der Waals surface area (Å²) in [6.45, 7) is 0. The maximum Gasteiger partial charge on any atom is 0.199 e. The lowest BCUT2D eigenvalue weighted by Crippen LogP contribution is -1.94. The Morgan fingerprint density at radius 2 is 1.86 bits per heavy atom. The molecule has 0 amide bonds. The first-order chi connectivity index (χ1) is 6.77. The number of hydrogen-bond acceptors (Lipinski definition) is 4. The van der Waals surface area contributed by atoms with E-state index in [-0.39, 0.29) is 5.69 Å². The average Bonchev–Trinajstić information content (AvgIpc) is 2.68. The second-order valence-electron chi connectivity index (χ2n) is 2.80. The highest BCUT2D eigenvalue weighted by Crippen LogP contribution is 2.09. The van der Waals surface area contributed by atoms with Crippen LogP contribution in [0.25, 0.3) is 5.69 Å². The van der Waals surface area contributed by atoms with Crippen molar-refractivity contribution in [3.8, 4) is 5.69 Å². The number of para-hydroxylation sites is 1. The first-order valence-electron chi connectivity index (χ1n) is 4.11. The third-order valence-electron chi connectivity index (χ3n) is 1.80. The van der Waals surface area contributed by atoms with E-state index in [1.54, 1.807) is 0 Å². The van der Waals surface area contributed by atoms with Crippen LogP contribution in [0.3, 0.4) is 0 Å². The first-order valence-corrected chi connectivity index (χ1v) is 4.11. The Labute approximate surface area is 80.2 Å². The third-order valence-corrected chi connectivity index (χ3v) is 1.80. The van der Waals surface area contributed by atoms with Gasteiger partial charge in [-0.05, 0) is 12.1 Å². The number of nitrogens with zero attached hydrogens (tertiary/aromatic N) is 3. The molecular formula is C9H9N3O2. The molecule has 0 atom stereocenters. The molecule has 72 valence electrons. The van der Waals surface area contributed by atoms with Crippen molar-refractivity contribution < 1.29 is 10.2 Å². The smallest absolute Gasteiger partial charge is 0.199 e. The molecule has 0 aliphatic heterocycles. The summed E-state index contributed by atoms with van der Waals surface area (Å²) in [6.07, 6.45) is -0.104. The minimum Gasteiger partial charge on any atom is -0.363 e. The first kappa shape index (κ1) is 8.86. The van der Waals surface area contributed by atoms with Crippen LogP contribution in [-0.4, -0.2) is 25.2 Å². The van der Waals surface area contributed by atoms with Gasteiger partial charge in [-0.25, -0.2) is 4.68 Å². The second kappa shape index (κ2) is 3.57. The van der Waals surface area contributed by atoms with Crippen LogP contribution in [0.5, 0.6) is 0 Å². The molecule has 1 aromatic heterocycles. The lowest BCUT2D eigenvalue weighted by Gasteiger charge is -1.97. The van der Waals surface area contributed by atoms with Gasteiger partial charge in [-0.3, -0.25) is 0 Å². The Hall–Kier alpha value is -1.72. The SMILES string of the molecule is OC(O)c1cn(-c2ccccc2)nn1. The van der Waals surface area contributed by atoms with E-state index in [0.29, 0.717) is 0 Å². The van der Waals surface area contributed by atoms with Gasteiger partial charge in [0.25, 0.3) is 0 Å². The van der Waals surface area contributed by atoms with Gasteiger partial charge in [0.2, 0.25) is 0 Å². The monoisotopic (exact) mass is 191 g/mol. The fraction of sp³-hybridized carbons (Fsp3) is 0.111. The molecule has 0 bridgehead atoms. The maximum absolute atomic E-state index is 8.82.